The van der Waals surface area contributed by atoms with Crippen LogP contribution in [0.5, 0.6) is 0 Å². The van der Waals surface area contributed by atoms with Gasteiger partial charge in [0.05, 0.1) is 6.04 Å². The first kappa shape index (κ1) is 20.9. The third-order valence-electron chi connectivity index (χ3n) is 3.49. The highest BCUT2D eigenvalue weighted by molar-refractivity contribution is 5.83. The standard InChI is InChI=1S/C15H29N3O2.C2H6/c1-4-8-16-14(19)7-9-17-15(20)13-6-5-10-18(13)11-12(2)3;1-2/h12-13H,4-11H2,1-3H3,(H,16,19)(H,17,20);1-2H3. The average Bonchev–Trinajstić information content (AvgIpc) is 2.94. The molecule has 1 unspecified atom stereocenters. The third-order valence-corrected chi connectivity index (χ3v) is 3.49. The number of hydrogen-bond acceptors (Lipinski definition) is 3. The lowest BCUT2D eigenvalue weighted by molar-refractivity contribution is -0.125. The molecule has 1 atom stereocenters. The van der Waals surface area contributed by atoms with Gasteiger partial charge in [0.15, 0.2) is 0 Å². The molecule has 0 saturated carbocycles. The van der Waals surface area contributed by atoms with Gasteiger partial charge in [-0.05, 0) is 31.7 Å². The van der Waals surface area contributed by atoms with Gasteiger partial charge in [-0.2, -0.15) is 0 Å². The molecule has 5 heteroatoms. The molecule has 0 aliphatic carbocycles. The maximum atomic E-state index is 12.1. The van der Waals surface area contributed by atoms with Crippen molar-refractivity contribution in [2.24, 2.45) is 5.92 Å². The molecule has 1 heterocycles. The zero-order valence-electron chi connectivity index (χ0n) is 15.1. The van der Waals surface area contributed by atoms with Crippen LogP contribution in [0.4, 0.5) is 0 Å². The highest BCUT2D eigenvalue weighted by Crippen LogP contribution is 2.18. The van der Waals surface area contributed by atoms with Gasteiger partial charge in [-0.3, -0.25) is 14.5 Å². The van der Waals surface area contributed by atoms with Gasteiger partial charge in [-0.15, -0.1) is 0 Å². The number of amides is 2. The van der Waals surface area contributed by atoms with Gasteiger partial charge in [-0.25, -0.2) is 0 Å². The maximum absolute atomic E-state index is 12.1. The molecule has 0 radical (unpaired) electrons. The van der Waals surface area contributed by atoms with Crippen LogP contribution in [0, 0.1) is 5.92 Å². The van der Waals surface area contributed by atoms with Crippen molar-refractivity contribution in [3.05, 3.63) is 0 Å². The molecule has 0 bridgehead atoms. The van der Waals surface area contributed by atoms with Gasteiger partial charge in [0.1, 0.15) is 0 Å². The molecule has 2 amide bonds. The third kappa shape index (κ3) is 8.37. The SMILES string of the molecule is CC.CCCNC(=O)CCNC(=O)C1CCCN1CC(C)C. The number of likely N-dealkylation sites (tertiary alicyclic amines) is 1. The molecule has 22 heavy (non-hydrogen) atoms. The zero-order chi connectivity index (χ0) is 17.0. The van der Waals surface area contributed by atoms with Crippen LogP contribution in [0.25, 0.3) is 0 Å². The second-order valence-corrected chi connectivity index (χ2v) is 5.94. The van der Waals surface area contributed by atoms with Crippen LogP contribution < -0.4 is 10.6 Å². The summed E-state index contributed by atoms with van der Waals surface area (Å²) in [7, 11) is 0. The lowest BCUT2D eigenvalue weighted by atomic mass is 10.1. The van der Waals surface area contributed by atoms with Gasteiger partial charge in [-0.1, -0.05) is 34.6 Å². The van der Waals surface area contributed by atoms with E-state index in [1.165, 1.54) is 0 Å². The summed E-state index contributed by atoms with van der Waals surface area (Å²) in [5.74, 6) is 0.660. The lowest BCUT2D eigenvalue weighted by Gasteiger charge is -2.25. The number of carbonyl (C=O) groups is 2. The second kappa shape index (κ2) is 12.4. The molecule has 1 fully saturated rings. The molecule has 0 aromatic carbocycles. The van der Waals surface area contributed by atoms with Crippen LogP contribution >= 0.6 is 0 Å². The number of nitrogens with zero attached hydrogens (tertiary/aromatic N) is 1. The van der Waals surface area contributed by atoms with E-state index in [1.54, 1.807) is 0 Å². The van der Waals surface area contributed by atoms with Gasteiger partial charge in [0.25, 0.3) is 0 Å². The van der Waals surface area contributed by atoms with Gasteiger partial charge >= 0.3 is 0 Å². The first-order valence-electron chi connectivity index (χ1n) is 8.83. The Hall–Kier alpha value is -1.10. The minimum Gasteiger partial charge on any atom is -0.356 e. The Bertz CT molecular complexity index is 319. The summed E-state index contributed by atoms with van der Waals surface area (Å²) in [6.45, 7) is 13.5. The van der Waals surface area contributed by atoms with E-state index in [9.17, 15) is 9.59 Å². The largest absolute Gasteiger partial charge is 0.356 e. The smallest absolute Gasteiger partial charge is 0.237 e. The highest BCUT2D eigenvalue weighted by atomic mass is 16.2. The normalized spacial score (nSPS) is 17.8. The van der Waals surface area contributed by atoms with E-state index in [4.69, 9.17) is 0 Å². The molecule has 1 saturated heterocycles. The van der Waals surface area contributed by atoms with E-state index in [0.717, 1.165) is 32.4 Å². The van der Waals surface area contributed by atoms with Crippen molar-refractivity contribution >= 4 is 11.8 Å². The van der Waals surface area contributed by atoms with Gasteiger partial charge in [0, 0.05) is 26.1 Å². The summed E-state index contributed by atoms with van der Waals surface area (Å²) in [5.41, 5.74) is 0. The van der Waals surface area contributed by atoms with Crippen molar-refractivity contribution in [2.45, 2.75) is 66.3 Å². The molecule has 2 N–H and O–H groups in total. The molecule has 5 nitrogen and oxygen atoms in total. The Labute approximate surface area is 136 Å². The fraction of sp³-hybridized carbons (Fsp3) is 0.882. The van der Waals surface area contributed by atoms with Crippen molar-refractivity contribution in [2.75, 3.05) is 26.2 Å². The van der Waals surface area contributed by atoms with Crippen LogP contribution in [0.3, 0.4) is 0 Å². The van der Waals surface area contributed by atoms with E-state index in [1.807, 2.05) is 20.8 Å². The summed E-state index contributed by atoms with van der Waals surface area (Å²) in [6, 6.07) is -0.00361. The minimum atomic E-state index is -0.00361. The van der Waals surface area contributed by atoms with E-state index >= 15 is 0 Å². The lowest BCUT2D eigenvalue weighted by Crippen LogP contribution is -2.45. The molecule has 1 aliphatic rings. The monoisotopic (exact) mass is 313 g/mol. The summed E-state index contributed by atoms with van der Waals surface area (Å²) in [5, 5.41) is 5.70. The van der Waals surface area contributed by atoms with Crippen LogP contribution in [-0.2, 0) is 9.59 Å². The van der Waals surface area contributed by atoms with Crippen molar-refractivity contribution in [3.8, 4) is 0 Å². The van der Waals surface area contributed by atoms with E-state index in [0.29, 0.717) is 25.4 Å². The zero-order valence-corrected chi connectivity index (χ0v) is 15.1. The van der Waals surface area contributed by atoms with Crippen molar-refractivity contribution in [1.82, 2.24) is 15.5 Å². The number of carbonyl (C=O) groups excluding carboxylic acids is 2. The second-order valence-electron chi connectivity index (χ2n) is 5.94. The summed E-state index contributed by atoms with van der Waals surface area (Å²) >= 11 is 0. The summed E-state index contributed by atoms with van der Waals surface area (Å²) in [6.07, 6.45) is 3.31. The van der Waals surface area contributed by atoms with Crippen LogP contribution in [-0.4, -0.2) is 48.9 Å². The van der Waals surface area contributed by atoms with E-state index < -0.39 is 0 Å². The maximum Gasteiger partial charge on any atom is 0.237 e. The number of hydrogen-bond donors (Lipinski definition) is 2. The van der Waals surface area contributed by atoms with E-state index in [2.05, 4.69) is 29.4 Å². The average molecular weight is 313 g/mol. The molecule has 1 rings (SSSR count). The predicted molar refractivity (Wildman–Crippen MR) is 91.7 cm³/mol. The molecular weight excluding hydrogens is 278 g/mol. The highest BCUT2D eigenvalue weighted by Gasteiger charge is 2.30. The molecule has 0 spiro atoms. The Morgan fingerprint density at radius 3 is 2.45 bits per heavy atom. The summed E-state index contributed by atoms with van der Waals surface area (Å²) in [4.78, 5) is 25.9. The topological polar surface area (TPSA) is 61.4 Å². The van der Waals surface area contributed by atoms with Crippen LogP contribution in [0.2, 0.25) is 0 Å². The predicted octanol–water partition coefficient (Wildman–Crippen LogP) is 2.17. The molecule has 1 aliphatic heterocycles. The molecule has 130 valence electrons. The fourth-order valence-electron chi connectivity index (χ4n) is 2.58. The Kier molecular flexibility index (Phi) is 11.8. The van der Waals surface area contributed by atoms with Crippen LogP contribution in [0.15, 0.2) is 0 Å². The molecule has 0 aromatic heterocycles. The molecule has 0 aromatic rings. The van der Waals surface area contributed by atoms with Crippen molar-refractivity contribution < 1.29 is 9.59 Å². The fourth-order valence-corrected chi connectivity index (χ4v) is 2.58. The van der Waals surface area contributed by atoms with Crippen molar-refractivity contribution in [3.63, 3.8) is 0 Å². The summed E-state index contributed by atoms with van der Waals surface area (Å²) < 4.78 is 0. The Morgan fingerprint density at radius 1 is 1.18 bits per heavy atom. The van der Waals surface area contributed by atoms with Crippen molar-refractivity contribution in [1.29, 1.82) is 0 Å². The quantitative estimate of drug-likeness (QED) is 0.722. The Balaban J connectivity index is 0.00000211. The first-order chi connectivity index (χ1) is 10.5. The first-order valence-corrected chi connectivity index (χ1v) is 8.83. The molecular formula is C17H35N3O2. The Morgan fingerprint density at radius 2 is 1.86 bits per heavy atom. The van der Waals surface area contributed by atoms with Gasteiger partial charge < -0.3 is 10.6 Å². The van der Waals surface area contributed by atoms with Crippen LogP contribution in [0.1, 0.15) is 60.3 Å². The van der Waals surface area contributed by atoms with E-state index in [-0.39, 0.29) is 17.9 Å². The number of nitrogens with one attached hydrogen (secondary N) is 2. The number of rotatable bonds is 8. The van der Waals surface area contributed by atoms with Gasteiger partial charge in [0.2, 0.25) is 11.8 Å². The minimum absolute atomic E-state index is 0.00361.